The van der Waals surface area contributed by atoms with Crippen LogP contribution in [0.2, 0.25) is 0 Å². The molecule has 3 aromatic carbocycles. The van der Waals surface area contributed by atoms with Gasteiger partial charge in [-0.2, -0.15) is 0 Å². The summed E-state index contributed by atoms with van der Waals surface area (Å²) in [5.74, 6) is 0. The molecule has 0 saturated carbocycles. The topological polar surface area (TPSA) is 63.4 Å². The van der Waals surface area contributed by atoms with Crippen molar-refractivity contribution in [1.29, 1.82) is 0 Å². The fourth-order valence-electron chi connectivity index (χ4n) is 5.53. The van der Waals surface area contributed by atoms with Crippen LogP contribution in [0.25, 0.3) is 28.1 Å². The molecule has 8 heteroatoms. The molecule has 2 fully saturated rings. The third-order valence-corrected chi connectivity index (χ3v) is 8.39. The van der Waals surface area contributed by atoms with E-state index in [1.807, 2.05) is 84.0 Å². The van der Waals surface area contributed by atoms with Gasteiger partial charge in [-0.15, -0.1) is 0 Å². The molecule has 0 N–H and O–H groups in total. The van der Waals surface area contributed by atoms with Gasteiger partial charge in [0.05, 0.1) is 6.57 Å². The molecular weight excluding hydrogens is 678 g/mol. The van der Waals surface area contributed by atoms with E-state index in [2.05, 4.69) is 63.3 Å². The number of hydrogen-bond acceptors (Lipinski definition) is 4. The number of halogens is 1. The van der Waals surface area contributed by atoms with E-state index in [9.17, 15) is 9.59 Å². The molecule has 0 aliphatic carbocycles. The molecule has 0 radical (unpaired) electrons. The van der Waals surface area contributed by atoms with Crippen molar-refractivity contribution in [2.75, 3.05) is 26.2 Å². The first kappa shape index (κ1) is 37.5. The van der Waals surface area contributed by atoms with Crippen LogP contribution in [0.15, 0.2) is 88.4 Å². The van der Waals surface area contributed by atoms with Crippen molar-refractivity contribution in [2.45, 2.75) is 78.4 Å². The van der Waals surface area contributed by atoms with Crippen LogP contribution < -0.4 is 0 Å². The Hall–Kier alpha value is -4.35. The Kier molecular flexibility index (Phi) is 12.9. The van der Waals surface area contributed by atoms with E-state index in [-0.39, 0.29) is 12.2 Å². The Morgan fingerprint density at radius 3 is 1.55 bits per heavy atom. The highest BCUT2D eigenvalue weighted by Gasteiger charge is 2.25. The number of amides is 2. The van der Waals surface area contributed by atoms with Crippen LogP contribution in [0.4, 0.5) is 15.3 Å². The lowest BCUT2D eigenvalue weighted by Crippen LogP contribution is -2.40. The summed E-state index contributed by atoms with van der Waals surface area (Å²) in [5.41, 5.74) is 6.98. The molecule has 2 aliphatic heterocycles. The van der Waals surface area contributed by atoms with E-state index in [0.29, 0.717) is 18.8 Å². The molecule has 5 rings (SSSR count). The van der Waals surface area contributed by atoms with Gasteiger partial charge in [-0.1, -0.05) is 87.8 Å². The van der Waals surface area contributed by atoms with Crippen molar-refractivity contribution in [3.8, 4) is 11.1 Å². The number of benzene rings is 3. The summed E-state index contributed by atoms with van der Waals surface area (Å²) >= 11 is 3.48. The van der Waals surface area contributed by atoms with E-state index in [1.165, 1.54) is 16.7 Å². The summed E-state index contributed by atoms with van der Waals surface area (Å²) in [7, 11) is 0. The van der Waals surface area contributed by atoms with Crippen molar-refractivity contribution in [2.24, 2.45) is 0 Å². The lowest BCUT2D eigenvalue weighted by atomic mass is 9.98. The quantitative estimate of drug-likeness (QED) is 0.252. The predicted molar refractivity (Wildman–Crippen MR) is 202 cm³/mol. The maximum Gasteiger partial charge on any atom is 0.410 e. The van der Waals surface area contributed by atoms with E-state index in [1.54, 1.807) is 9.80 Å². The Morgan fingerprint density at radius 2 is 1.10 bits per heavy atom. The predicted octanol–water partition coefficient (Wildman–Crippen LogP) is 11.2. The summed E-state index contributed by atoms with van der Waals surface area (Å²) in [6.07, 6.45) is 7.54. The van der Waals surface area contributed by atoms with Gasteiger partial charge in [-0.3, -0.25) is 0 Å². The smallest absolute Gasteiger partial charge is 0.410 e. The first-order valence-electron chi connectivity index (χ1n) is 16.9. The number of rotatable bonds is 3. The molecule has 258 valence electrons. The van der Waals surface area contributed by atoms with Crippen molar-refractivity contribution >= 4 is 46.0 Å². The van der Waals surface area contributed by atoms with Crippen LogP contribution >= 0.6 is 15.9 Å². The summed E-state index contributed by atoms with van der Waals surface area (Å²) in [4.78, 5) is 31.3. The fraction of sp³-hybridized carbons (Fsp3) is 0.390. The molecule has 0 bridgehead atoms. The normalized spacial score (nSPS) is 15.0. The van der Waals surface area contributed by atoms with Gasteiger partial charge in [0.15, 0.2) is 5.69 Å². The number of piperidine rings is 2. The summed E-state index contributed by atoms with van der Waals surface area (Å²) in [6, 6.07) is 24.3. The molecule has 0 aromatic heterocycles. The molecule has 3 aromatic rings. The second kappa shape index (κ2) is 16.8. The highest BCUT2D eigenvalue weighted by molar-refractivity contribution is 9.10. The highest BCUT2D eigenvalue weighted by Crippen LogP contribution is 2.27. The molecule has 0 spiro atoms. The van der Waals surface area contributed by atoms with Gasteiger partial charge in [0.2, 0.25) is 0 Å². The van der Waals surface area contributed by atoms with Gasteiger partial charge in [0.1, 0.15) is 11.2 Å². The molecule has 2 heterocycles. The van der Waals surface area contributed by atoms with Crippen LogP contribution in [0, 0.1) is 6.57 Å². The minimum absolute atomic E-state index is 0.205. The third kappa shape index (κ3) is 12.6. The number of carbonyl (C=O) groups excluding carboxylic acids is 2. The minimum Gasteiger partial charge on any atom is -0.444 e. The standard InChI is InChI=1S/C24H26N2O2.C17H22BrNO2/c1-24(2,3)28-23(27)26-13-11-18(12-14-26)15-19-7-5-8-20(16-19)21-9-6-10-22(17-21)25-4;1-17(2,3)21-16(20)19-9-7-13(8-10-19)11-14-5-4-6-15(18)12-14/h5-10,15-17H,11-14H2,1-3H3;4-6,11-12H,7-10H2,1-3H3. The van der Waals surface area contributed by atoms with Crippen molar-refractivity contribution in [1.82, 2.24) is 9.80 Å². The van der Waals surface area contributed by atoms with Gasteiger partial charge in [-0.25, -0.2) is 14.4 Å². The monoisotopic (exact) mass is 725 g/mol. The van der Waals surface area contributed by atoms with E-state index in [0.717, 1.165) is 59.9 Å². The molecule has 0 atom stereocenters. The zero-order chi connectivity index (χ0) is 35.6. The lowest BCUT2D eigenvalue weighted by Gasteiger charge is -2.31. The van der Waals surface area contributed by atoms with Crippen LogP contribution in [-0.2, 0) is 9.47 Å². The van der Waals surface area contributed by atoms with E-state index >= 15 is 0 Å². The number of hydrogen-bond donors (Lipinski definition) is 0. The lowest BCUT2D eigenvalue weighted by molar-refractivity contribution is 0.0226. The molecule has 2 amide bonds. The Labute approximate surface area is 300 Å². The molecule has 2 aliphatic rings. The van der Waals surface area contributed by atoms with Gasteiger partial charge in [0, 0.05) is 30.7 Å². The average Bonchev–Trinajstić information content (AvgIpc) is 3.04. The van der Waals surface area contributed by atoms with E-state index < -0.39 is 11.2 Å². The van der Waals surface area contributed by atoms with Gasteiger partial charge >= 0.3 is 12.2 Å². The molecule has 49 heavy (non-hydrogen) atoms. The fourth-order valence-corrected chi connectivity index (χ4v) is 5.94. The van der Waals surface area contributed by atoms with Crippen LogP contribution in [-0.4, -0.2) is 59.4 Å². The van der Waals surface area contributed by atoms with Gasteiger partial charge in [0.25, 0.3) is 0 Å². The number of likely N-dealkylation sites (tertiary alicyclic amines) is 2. The zero-order valence-corrected chi connectivity index (χ0v) is 31.2. The van der Waals surface area contributed by atoms with Crippen LogP contribution in [0.5, 0.6) is 0 Å². The molecule has 7 nitrogen and oxygen atoms in total. The van der Waals surface area contributed by atoms with Gasteiger partial charge in [-0.05, 0) is 114 Å². The summed E-state index contributed by atoms with van der Waals surface area (Å²) < 4.78 is 12.0. The van der Waals surface area contributed by atoms with Crippen LogP contribution in [0.1, 0.15) is 78.4 Å². The Morgan fingerprint density at radius 1 is 0.673 bits per heavy atom. The minimum atomic E-state index is -0.460. The van der Waals surface area contributed by atoms with Crippen molar-refractivity contribution in [3.05, 3.63) is 111 Å². The maximum atomic E-state index is 12.2. The summed E-state index contributed by atoms with van der Waals surface area (Å²) in [6.45, 7) is 21.4. The second-order valence-corrected chi connectivity index (χ2v) is 15.3. The Bertz CT molecular complexity index is 1710. The van der Waals surface area contributed by atoms with E-state index in [4.69, 9.17) is 16.0 Å². The average molecular weight is 727 g/mol. The summed E-state index contributed by atoms with van der Waals surface area (Å²) in [5, 5.41) is 0. The number of carbonyl (C=O) groups is 2. The highest BCUT2D eigenvalue weighted by atomic mass is 79.9. The first-order valence-corrected chi connectivity index (χ1v) is 17.6. The number of ether oxygens (including phenoxy) is 2. The van der Waals surface area contributed by atoms with Crippen molar-refractivity contribution < 1.29 is 19.1 Å². The van der Waals surface area contributed by atoms with Crippen LogP contribution in [0.3, 0.4) is 0 Å². The molecular formula is C41H48BrN3O4. The Balaban J connectivity index is 0.000000230. The molecule has 0 unspecified atom stereocenters. The van der Waals surface area contributed by atoms with Crippen molar-refractivity contribution in [3.63, 3.8) is 0 Å². The first-order chi connectivity index (χ1) is 23.2. The van der Waals surface area contributed by atoms with Gasteiger partial charge < -0.3 is 19.3 Å². The second-order valence-electron chi connectivity index (χ2n) is 14.4. The maximum absolute atomic E-state index is 12.2. The SMILES string of the molecule is CC(C)(C)OC(=O)N1CCC(=Cc2cccc(Br)c2)CC1.[C-]#[N+]c1cccc(-c2cccc(C=C3CCN(C(=O)OC(C)(C)C)CC3)c2)c1. The zero-order valence-electron chi connectivity index (χ0n) is 29.6. The third-order valence-electron chi connectivity index (χ3n) is 7.90. The number of nitrogens with zero attached hydrogens (tertiary/aromatic N) is 3. The molecule has 2 saturated heterocycles. The largest absolute Gasteiger partial charge is 0.444 e.